The van der Waals surface area contributed by atoms with E-state index in [0.717, 1.165) is 58.3 Å². The molecule has 0 fully saturated rings. The summed E-state index contributed by atoms with van der Waals surface area (Å²) in [7, 11) is 5.16. The number of amides is 1. The van der Waals surface area contributed by atoms with Crippen LogP contribution in [0, 0.1) is 71.9 Å². The number of hydrogen-bond donors (Lipinski definition) is 4. The number of nitrogens with zero attached hydrogens (tertiary/aromatic N) is 4. The topological polar surface area (TPSA) is 368 Å². The number of benzene rings is 6. The van der Waals surface area contributed by atoms with Crippen LogP contribution in [-0.4, -0.2) is 89.1 Å². The van der Waals surface area contributed by atoms with E-state index >= 15 is 0 Å². The van der Waals surface area contributed by atoms with Crippen LogP contribution in [0.1, 0.15) is 132 Å². The molecular weight excluding hydrogens is 1290 g/mol. The van der Waals surface area contributed by atoms with Crippen LogP contribution in [0.25, 0.3) is 0 Å². The summed E-state index contributed by atoms with van der Waals surface area (Å²) >= 11 is 5.23. The van der Waals surface area contributed by atoms with Crippen molar-refractivity contribution >= 4 is 123 Å². The number of aromatic carboxylic acids is 1. The van der Waals surface area contributed by atoms with E-state index in [0.29, 0.717) is 11.6 Å². The van der Waals surface area contributed by atoms with Gasteiger partial charge in [-0.05, 0) is 173 Å². The van der Waals surface area contributed by atoms with E-state index in [9.17, 15) is 48.9 Å². The van der Waals surface area contributed by atoms with Crippen LogP contribution >= 0.6 is 45.4 Å². The average Bonchev–Trinajstić information content (AvgIpc) is 1.77. The Balaban J connectivity index is -0.000000237. The quantitative estimate of drug-likeness (QED) is 0.0683. The Bertz CT molecular complexity index is 3350. The number of rotatable bonds is 6. The molecule has 0 spiro atoms. The molecule has 500 valence electrons. The van der Waals surface area contributed by atoms with Crippen LogP contribution in [0.3, 0.4) is 0 Å². The van der Waals surface area contributed by atoms with E-state index < -0.39 is 33.8 Å². The minimum Gasteiger partial charge on any atom is -0.477 e. The van der Waals surface area contributed by atoms with E-state index in [1.165, 1.54) is 65.7 Å². The molecule has 1 amide bonds. The second-order valence-electron chi connectivity index (χ2n) is 18.6. The molecule has 9 rings (SSSR count). The first-order valence-electron chi connectivity index (χ1n) is 24.7. The Labute approximate surface area is 550 Å². The maximum Gasteiger partial charge on any atom is 0.373 e. The predicted octanol–water partition coefficient (Wildman–Crippen LogP) is 15.1. The van der Waals surface area contributed by atoms with Gasteiger partial charge in [0.25, 0.3) is 28.2 Å². The summed E-state index contributed by atoms with van der Waals surface area (Å²) in [5.41, 5.74) is 11.3. The highest BCUT2D eigenvalue weighted by molar-refractivity contribution is 8.49. The standard InChI is InChI=1S/C18H18N2O3.C9H8ClNO3.C9H9NO4.C9H11N.C8H9N.CH4Cl2O2S.3CO2.5CH4.ClH/c1-11-8-15(17(20(22)23)9-12(11)2)18(21)19-13(3)10-14-6-4-5-7-16(14)19;1-5-3-7(9(10)12)8(11(13)14)4-6(5)2;1-5-3-7(9(11)12)8(10(13)14)4-6(5)2;1-7-6-8-4-2-3-5-9(8)10-7;1-2-4-8-7(3-1)5-6-9-8;1-6(2,3,4)5;3*2-1-3;;;;;;/h4-9,13H,10H2,1-3H3;3-4H,1-2H3;3-4H,1-2H3,(H,11,12);2-5,7,10H,6H2,1H3;1-4,9H,5-6H2;1H3,(H,4,5);;;;5*1H4;1H/t13-;;;7-;;;;;;;;;;;/m1..1.........../s1. The fraction of sp³-hybridized carbons (Fsp3) is 0.323. The number of carboxylic acid groups (broad SMARTS) is 1. The Kier molecular flexibility index (Phi) is 44.8. The fourth-order valence-electron chi connectivity index (χ4n) is 8.09. The highest BCUT2D eigenvalue weighted by Gasteiger charge is 2.35. The van der Waals surface area contributed by atoms with Gasteiger partial charge in [0.1, 0.15) is 16.7 Å². The third kappa shape index (κ3) is 31.9. The van der Waals surface area contributed by atoms with Crippen molar-refractivity contribution in [3.63, 3.8) is 0 Å². The maximum atomic E-state index is 13.0. The van der Waals surface area contributed by atoms with E-state index in [-0.39, 0.29) is 114 Å². The number of halogens is 4. The number of hydrogen-bond acceptors (Lipinski definition) is 18. The SMILES string of the molecule is C.C.C.C.C.CS(=O)(O)(Cl)Cl.C[C@@H]1Cc2ccccc2N1.Cc1cc(C(=O)Cl)c([N+](=O)[O-])cc1C.Cc1cc(C(=O)N2c3ccccc3C[C@H]2C)c([N+](=O)[O-])cc1C.Cc1cc(C(=O)O)c([N+](=O)[O-])cc1C.Cl.O=C=O.O=C=O.O=C=O.c1ccc2c(c1)CCN2. The molecule has 91 heavy (non-hydrogen) atoms. The lowest BCUT2D eigenvalue weighted by atomic mass is 10.0. The van der Waals surface area contributed by atoms with Crippen LogP contribution in [0.4, 0.5) is 34.1 Å². The highest BCUT2D eigenvalue weighted by Crippen LogP contribution is 2.36. The third-order valence-corrected chi connectivity index (χ3v) is 12.4. The smallest absolute Gasteiger partial charge is 0.373 e. The molecule has 0 saturated carbocycles. The fourth-order valence-corrected chi connectivity index (χ4v) is 8.24. The lowest BCUT2D eigenvalue weighted by Crippen LogP contribution is -2.36. The zero-order chi connectivity index (χ0) is 65.1. The molecule has 6 aromatic rings. The van der Waals surface area contributed by atoms with E-state index in [2.05, 4.69) is 87.5 Å². The van der Waals surface area contributed by atoms with Gasteiger partial charge in [0.05, 0.1) is 21.0 Å². The Morgan fingerprint density at radius 3 is 1.29 bits per heavy atom. The second kappa shape index (κ2) is 43.7. The molecular formula is C62H80Cl4N6O18S. The number of nitrogens with one attached hydrogen (secondary N) is 2. The van der Waals surface area contributed by atoms with Gasteiger partial charge in [-0.25, -0.2) is 4.79 Å². The van der Waals surface area contributed by atoms with Crippen molar-refractivity contribution in [2.24, 2.45) is 0 Å². The molecule has 2 atom stereocenters. The van der Waals surface area contributed by atoms with Crippen LogP contribution in [0.2, 0.25) is 0 Å². The Morgan fingerprint density at radius 2 is 0.901 bits per heavy atom. The van der Waals surface area contributed by atoms with Crippen molar-refractivity contribution in [1.82, 2.24) is 0 Å². The summed E-state index contributed by atoms with van der Waals surface area (Å²) < 4.78 is 17.9. The molecule has 29 heteroatoms. The van der Waals surface area contributed by atoms with Crippen molar-refractivity contribution in [3.8, 4) is 0 Å². The first-order valence-corrected chi connectivity index (χ1v) is 29.0. The molecule has 0 unspecified atom stereocenters. The number of anilines is 3. The molecule has 0 aliphatic carbocycles. The Hall–Kier alpha value is -8.86. The average molecular weight is 1370 g/mol. The lowest BCUT2D eigenvalue weighted by Gasteiger charge is -2.23. The molecule has 3 aliphatic heterocycles. The number of para-hydroxylation sites is 3. The minimum absolute atomic E-state index is 0. The number of fused-ring (bicyclic) bond motifs is 3. The van der Waals surface area contributed by atoms with Crippen molar-refractivity contribution in [3.05, 3.63) is 206 Å². The molecule has 0 aromatic heterocycles. The van der Waals surface area contributed by atoms with Crippen molar-refractivity contribution in [1.29, 1.82) is 0 Å². The number of nitro groups is 3. The number of carbonyl (C=O) groups is 3. The Morgan fingerprint density at radius 1 is 0.571 bits per heavy atom. The van der Waals surface area contributed by atoms with Crippen LogP contribution in [0.15, 0.2) is 109 Å². The third-order valence-electron chi connectivity index (χ3n) is 12.2. The van der Waals surface area contributed by atoms with Gasteiger partial charge >= 0.3 is 24.4 Å². The monoisotopic (exact) mass is 1370 g/mol. The van der Waals surface area contributed by atoms with Gasteiger partial charge in [0.2, 0.25) is 0 Å². The predicted molar refractivity (Wildman–Crippen MR) is 357 cm³/mol. The lowest BCUT2D eigenvalue weighted by molar-refractivity contribution is -0.385. The molecule has 0 saturated heterocycles. The summed E-state index contributed by atoms with van der Waals surface area (Å²) in [5.74, 6) is -1.59. The first kappa shape index (κ1) is 93.3. The van der Waals surface area contributed by atoms with Gasteiger partial charge < -0.3 is 20.6 Å². The molecule has 3 heterocycles. The van der Waals surface area contributed by atoms with Crippen LogP contribution in [-0.2, 0) is 55.8 Å². The van der Waals surface area contributed by atoms with Crippen LogP contribution in [0.5, 0.6) is 0 Å². The van der Waals surface area contributed by atoms with Gasteiger partial charge in [0.15, 0.2) is 0 Å². The van der Waals surface area contributed by atoms with E-state index in [1.54, 1.807) is 38.7 Å². The number of carbonyl (C=O) groups excluding carboxylic acids is 8. The number of nitro benzene ring substituents is 3. The molecule has 6 aromatic carbocycles. The zero-order valence-electron chi connectivity index (χ0n) is 47.5. The summed E-state index contributed by atoms with van der Waals surface area (Å²) in [6.45, 7) is 15.9. The number of carboxylic acids is 1. The number of aryl methyl sites for hydroxylation is 6. The van der Waals surface area contributed by atoms with Crippen molar-refractivity contribution < 1.29 is 71.8 Å². The largest absolute Gasteiger partial charge is 0.477 e. The molecule has 3 aliphatic rings. The van der Waals surface area contributed by atoms with Gasteiger partial charge in [-0.15, -0.1) is 12.4 Å². The summed E-state index contributed by atoms with van der Waals surface area (Å²) in [5, 5.41) is 47.1. The molecule has 0 radical (unpaired) electrons. The van der Waals surface area contributed by atoms with E-state index in [1.807, 2.05) is 45.0 Å². The van der Waals surface area contributed by atoms with Gasteiger partial charge in [-0.2, -0.15) is 33.0 Å². The van der Waals surface area contributed by atoms with Crippen LogP contribution < -0.4 is 15.5 Å². The summed E-state index contributed by atoms with van der Waals surface area (Å²) in [4.78, 5) is 116. The summed E-state index contributed by atoms with van der Waals surface area (Å²) in [6.07, 6.45) is 4.73. The second-order valence-corrected chi connectivity index (χ2v) is 25.9. The van der Waals surface area contributed by atoms with Crippen molar-refractivity contribution in [2.75, 3.05) is 28.3 Å². The highest BCUT2D eigenvalue weighted by atomic mass is 36.0. The zero-order valence-corrected chi connectivity index (χ0v) is 51.4. The molecule has 0 bridgehead atoms. The van der Waals surface area contributed by atoms with Gasteiger partial charge in [-0.3, -0.25) is 44.5 Å². The first-order chi connectivity index (χ1) is 39.6. The van der Waals surface area contributed by atoms with Crippen molar-refractivity contribution in [2.45, 2.75) is 124 Å². The normalized spacial score (nSPS) is 12.5. The molecule has 24 nitrogen and oxygen atoms in total. The van der Waals surface area contributed by atoms with Gasteiger partial charge in [-0.1, -0.05) is 99.5 Å². The molecule has 4 N–H and O–H groups in total. The summed E-state index contributed by atoms with van der Waals surface area (Å²) in [6, 6.07) is 33.8. The maximum absolute atomic E-state index is 13.0. The van der Waals surface area contributed by atoms with Gasteiger partial charge in [0, 0.05) is 75.3 Å². The minimum atomic E-state index is -4.16. The van der Waals surface area contributed by atoms with E-state index in [4.69, 9.17) is 50.0 Å².